The zero-order valence-electron chi connectivity index (χ0n) is 10.9. The van der Waals surface area contributed by atoms with Crippen molar-refractivity contribution >= 4 is 5.97 Å². The molecule has 1 aromatic carbocycles. The van der Waals surface area contributed by atoms with Crippen molar-refractivity contribution < 1.29 is 23.1 Å². The molecule has 19 heavy (non-hydrogen) atoms. The van der Waals surface area contributed by atoms with Crippen LogP contribution in [-0.2, 0) is 17.4 Å². The molecule has 0 radical (unpaired) electrons. The molecule has 1 rings (SSSR count). The van der Waals surface area contributed by atoms with Gasteiger partial charge in [-0.3, -0.25) is 4.79 Å². The predicted molar refractivity (Wildman–Crippen MR) is 65.8 cm³/mol. The van der Waals surface area contributed by atoms with E-state index < -0.39 is 23.1 Å². The van der Waals surface area contributed by atoms with Gasteiger partial charge >= 0.3 is 12.1 Å². The topological polar surface area (TPSA) is 37.3 Å². The molecule has 1 aromatic rings. The van der Waals surface area contributed by atoms with Crippen LogP contribution in [0.5, 0.6) is 0 Å². The van der Waals surface area contributed by atoms with Gasteiger partial charge in [0.25, 0.3) is 0 Å². The molecule has 1 unspecified atom stereocenters. The third-order valence-corrected chi connectivity index (χ3v) is 3.19. The summed E-state index contributed by atoms with van der Waals surface area (Å²) in [5.74, 6) is -0.922. The summed E-state index contributed by atoms with van der Waals surface area (Å²) in [4.78, 5) is 11.3. The highest BCUT2D eigenvalue weighted by Crippen LogP contribution is 2.32. The van der Waals surface area contributed by atoms with E-state index in [0.717, 1.165) is 12.1 Å². The number of alkyl halides is 3. The summed E-state index contributed by atoms with van der Waals surface area (Å²) in [5, 5.41) is 9.23. The van der Waals surface area contributed by atoms with Gasteiger partial charge < -0.3 is 5.11 Å². The molecule has 5 heteroatoms. The fraction of sp³-hybridized carbons (Fsp3) is 0.500. The minimum Gasteiger partial charge on any atom is -0.481 e. The van der Waals surface area contributed by atoms with E-state index in [1.807, 2.05) is 6.92 Å². The van der Waals surface area contributed by atoms with E-state index >= 15 is 0 Å². The largest absolute Gasteiger partial charge is 0.481 e. The molecule has 0 aromatic heterocycles. The number of carboxylic acid groups (broad SMARTS) is 1. The number of halogens is 3. The second kappa shape index (κ2) is 5.63. The smallest absolute Gasteiger partial charge is 0.416 e. The molecule has 106 valence electrons. The second-order valence-electron chi connectivity index (χ2n) is 4.99. The number of hydrogen-bond acceptors (Lipinski definition) is 1. The third kappa shape index (κ3) is 3.98. The molecule has 0 saturated heterocycles. The van der Waals surface area contributed by atoms with Crippen molar-refractivity contribution in [3.05, 3.63) is 35.4 Å². The normalized spacial score (nSPS) is 15.0. The van der Waals surface area contributed by atoms with E-state index in [1.165, 1.54) is 12.1 Å². The van der Waals surface area contributed by atoms with Crippen molar-refractivity contribution in [2.24, 2.45) is 5.41 Å². The van der Waals surface area contributed by atoms with Crippen molar-refractivity contribution in [3.63, 3.8) is 0 Å². The molecule has 1 N–H and O–H groups in total. The van der Waals surface area contributed by atoms with Gasteiger partial charge in [0.2, 0.25) is 0 Å². The van der Waals surface area contributed by atoms with Gasteiger partial charge in [-0.25, -0.2) is 0 Å². The fourth-order valence-electron chi connectivity index (χ4n) is 2.08. The Hall–Kier alpha value is -1.52. The molecule has 2 nitrogen and oxygen atoms in total. The quantitative estimate of drug-likeness (QED) is 0.876. The Bertz CT molecular complexity index is 437. The number of benzene rings is 1. The van der Waals surface area contributed by atoms with Crippen molar-refractivity contribution in [1.82, 2.24) is 0 Å². The van der Waals surface area contributed by atoms with Crippen LogP contribution in [-0.4, -0.2) is 11.1 Å². The summed E-state index contributed by atoms with van der Waals surface area (Å²) in [6.07, 6.45) is -2.93. The number of rotatable bonds is 5. The van der Waals surface area contributed by atoms with Gasteiger partial charge in [-0.1, -0.05) is 25.5 Å². The van der Waals surface area contributed by atoms with Gasteiger partial charge in [-0.15, -0.1) is 0 Å². The molecule has 0 spiro atoms. The Labute approximate surface area is 110 Å². The van der Waals surface area contributed by atoms with Crippen LogP contribution in [0.1, 0.15) is 37.8 Å². The lowest BCUT2D eigenvalue weighted by atomic mass is 9.80. The van der Waals surface area contributed by atoms with Crippen LogP contribution < -0.4 is 0 Å². The zero-order chi connectivity index (χ0) is 14.7. The van der Waals surface area contributed by atoms with Crippen molar-refractivity contribution in [2.75, 3.05) is 0 Å². The number of hydrogen-bond donors (Lipinski definition) is 1. The third-order valence-electron chi connectivity index (χ3n) is 3.19. The van der Waals surface area contributed by atoms with E-state index in [-0.39, 0.29) is 6.42 Å². The van der Waals surface area contributed by atoms with E-state index in [9.17, 15) is 23.1 Å². The maximum Gasteiger partial charge on any atom is 0.416 e. The van der Waals surface area contributed by atoms with E-state index in [2.05, 4.69) is 0 Å². The summed E-state index contributed by atoms with van der Waals surface area (Å²) in [7, 11) is 0. The standard InChI is InChI=1S/C14H17F3O2/c1-3-8-13(2,12(18)19)9-10-4-6-11(7-5-10)14(15,16)17/h4-7H,3,8-9H2,1-2H3,(H,18,19). The van der Waals surface area contributed by atoms with Gasteiger partial charge in [0.05, 0.1) is 11.0 Å². The average molecular weight is 274 g/mol. The van der Waals surface area contributed by atoms with E-state index in [1.54, 1.807) is 6.92 Å². The molecule has 0 bridgehead atoms. The lowest BCUT2D eigenvalue weighted by Gasteiger charge is -2.24. The Kier molecular flexibility index (Phi) is 4.61. The first-order valence-electron chi connectivity index (χ1n) is 6.08. The summed E-state index contributed by atoms with van der Waals surface area (Å²) >= 11 is 0. The minimum absolute atomic E-state index is 0.230. The van der Waals surface area contributed by atoms with Crippen LogP contribution in [0, 0.1) is 5.41 Å². The molecular formula is C14H17F3O2. The highest BCUT2D eigenvalue weighted by atomic mass is 19.4. The monoisotopic (exact) mass is 274 g/mol. The highest BCUT2D eigenvalue weighted by molar-refractivity contribution is 5.74. The number of aliphatic carboxylic acids is 1. The Balaban J connectivity index is 2.90. The average Bonchev–Trinajstić information content (AvgIpc) is 2.28. The van der Waals surface area contributed by atoms with Gasteiger partial charge in [0, 0.05) is 0 Å². The van der Waals surface area contributed by atoms with Crippen molar-refractivity contribution in [1.29, 1.82) is 0 Å². The van der Waals surface area contributed by atoms with E-state index in [0.29, 0.717) is 18.4 Å². The van der Waals surface area contributed by atoms with Crippen LogP contribution in [0.2, 0.25) is 0 Å². The van der Waals surface area contributed by atoms with Crippen LogP contribution in [0.15, 0.2) is 24.3 Å². The summed E-state index contributed by atoms with van der Waals surface area (Å²) in [6, 6.07) is 4.67. The zero-order valence-corrected chi connectivity index (χ0v) is 10.9. The Morgan fingerprint density at radius 1 is 1.21 bits per heavy atom. The first kappa shape index (κ1) is 15.5. The lowest BCUT2D eigenvalue weighted by molar-refractivity contribution is -0.148. The molecule has 0 aliphatic heterocycles. The number of carbonyl (C=O) groups is 1. The van der Waals surface area contributed by atoms with Crippen LogP contribution in [0.25, 0.3) is 0 Å². The van der Waals surface area contributed by atoms with Crippen molar-refractivity contribution in [3.8, 4) is 0 Å². The first-order chi connectivity index (χ1) is 8.69. The fourth-order valence-corrected chi connectivity index (χ4v) is 2.08. The SMILES string of the molecule is CCCC(C)(Cc1ccc(C(F)(F)F)cc1)C(=O)O. The van der Waals surface area contributed by atoms with Crippen LogP contribution in [0.4, 0.5) is 13.2 Å². The van der Waals surface area contributed by atoms with Gasteiger partial charge in [0.1, 0.15) is 0 Å². The molecule has 0 amide bonds. The Morgan fingerprint density at radius 2 is 1.74 bits per heavy atom. The summed E-state index contributed by atoms with van der Waals surface area (Å²) in [6.45, 7) is 3.50. The lowest BCUT2D eigenvalue weighted by Crippen LogP contribution is -2.29. The molecular weight excluding hydrogens is 257 g/mol. The maximum absolute atomic E-state index is 12.4. The summed E-state index contributed by atoms with van der Waals surface area (Å²) < 4.78 is 37.2. The first-order valence-corrected chi connectivity index (χ1v) is 6.08. The summed E-state index contributed by atoms with van der Waals surface area (Å²) in [5.41, 5.74) is -1.05. The second-order valence-corrected chi connectivity index (χ2v) is 4.99. The molecule has 0 aliphatic rings. The van der Waals surface area contributed by atoms with E-state index in [4.69, 9.17) is 0 Å². The molecule has 1 atom stereocenters. The number of carboxylic acids is 1. The molecule has 0 heterocycles. The Morgan fingerprint density at radius 3 is 2.11 bits per heavy atom. The molecule has 0 fully saturated rings. The highest BCUT2D eigenvalue weighted by Gasteiger charge is 2.33. The molecule has 0 aliphatic carbocycles. The maximum atomic E-state index is 12.4. The molecule has 0 saturated carbocycles. The van der Waals surface area contributed by atoms with Gasteiger partial charge in [-0.2, -0.15) is 13.2 Å². The van der Waals surface area contributed by atoms with Crippen LogP contribution >= 0.6 is 0 Å². The predicted octanol–water partition coefficient (Wildman–Crippen LogP) is 4.14. The minimum atomic E-state index is -4.36. The van der Waals surface area contributed by atoms with Crippen molar-refractivity contribution in [2.45, 2.75) is 39.3 Å². The van der Waals surface area contributed by atoms with Gasteiger partial charge in [-0.05, 0) is 37.5 Å². The van der Waals surface area contributed by atoms with Crippen LogP contribution in [0.3, 0.4) is 0 Å². The van der Waals surface area contributed by atoms with Gasteiger partial charge in [0.15, 0.2) is 0 Å².